The molecule has 1 aliphatic rings. The van der Waals surface area contributed by atoms with Crippen molar-refractivity contribution < 1.29 is 13.2 Å². The van der Waals surface area contributed by atoms with Crippen LogP contribution in [-0.4, -0.2) is 28.0 Å². The minimum atomic E-state index is -4.53. The van der Waals surface area contributed by atoms with E-state index < -0.39 is 12.0 Å². The summed E-state index contributed by atoms with van der Waals surface area (Å²) in [5, 5.41) is 0. The van der Waals surface area contributed by atoms with E-state index in [1.165, 1.54) is 0 Å². The Morgan fingerprint density at radius 1 is 1.14 bits per heavy atom. The van der Waals surface area contributed by atoms with Crippen molar-refractivity contribution in [3.63, 3.8) is 0 Å². The van der Waals surface area contributed by atoms with Gasteiger partial charge in [0.2, 0.25) is 5.82 Å². The number of aromatic nitrogens is 3. The molecular formula is C15H15F3N4. The molecule has 116 valence electrons. The molecule has 2 aromatic rings. The summed E-state index contributed by atoms with van der Waals surface area (Å²) in [6, 6.07) is 5.68. The monoisotopic (exact) mass is 308 g/mol. The molecule has 3 rings (SSSR count). The molecule has 0 saturated carbocycles. The van der Waals surface area contributed by atoms with E-state index in [2.05, 4.69) is 15.0 Å². The van der Waals surface area contributed by atoms with E-state index >= 15 is 0 Å². The molecule has 0 bridgehead atoms. The molecule has 7 heteroatoms. The molecule has 3 heterocycles. The third-order valence-corrected chi connectivity index (χ3v) is 3.90. The predicted molar refractivity (Wildman–Crippen MR) is 75.7 cm³/mol. The summed E-state index contributed by atoms with van der Waals surface area (Å²) in [6.07, 6.45) is -2.81. The molecule has 0 aromatic carbocycles. The Morgan fingerprint density at radius 3 is 2.45 bits per heavy atom. The molecule has 1 fully saturated rings. The normalized spacial score (nSPS) is 15.8. The number of halogens is 3. The lowest BCUT2D eigenvalue weighted by Crippen LogP contribution is -2.46. The van der Waals surface area contributed by atoms with Crippen LogP contribution in [0.25, 0.3) is 0 Å². The van der Waals surface area contributed by atoms with Crippen LogP contribution in [0, 0.1) is 13.8 Å². The maximum atomic E-state index is 12.9. The summed E-state index contributed by atoms with van der Waals surface area (Å²) in [5.74, 6) is -0.482. The van der Waals surface area contributed by atoms with Crippen LogP contribution in [0.1, 0.15) is 28.7 Å². The highest BCUT2D eigenvalue weighted by Gasteiger charge is 2.38. The van der Waals surface area contributed by atoms with Crippen molar-refractivity contribution in [2.75, 3.05) is 18.0 Å². The van der Waals surface area contributed by atoms with Crippen molar-refractivity contribution in [1.29, 1.82) is 0 Å². The molecule has 1 saturated heterocycles. The number of anilines is 1. The van der Waals surface area contributed by atoms with Gasteiger partial charge in [0.05, 0.1) is 0 Å². The van der Waals surface area contributed by atoms with Crippen molar-refractivity contribution in [3.05, 3.63) is 47.2 Å². The number of pyridine rings is 1. The maximum absolute atomic E-state index is 12.9. The van der Waals surface area contributed by atoms with Gasteiger partial charge in [-0.15, -0.1) is 0 Å². The quantitative estimate of drug-likeness (QED) is 0.855. The molecule has 22 heavy (non-hydrogen) atoms. The first-order valence-electron chi connectivity index (χ1n) is 6.94. The summed E-state index contributed by atoms with van der Waals surface area (Å²) in [5.41, 5.74) is 2.00. The summed E-state index contributed by atoms with van der Waals surface area (Å²) >= 11 is 0. The molecule has 0 amide bonds. The lowest BCUT2D eigenvalue weighted by molar-refractivity contribution is -0.145. The molecule has 2 aromatic heterocycles. The van der Waals surface area contributed by atoms with E-state index in [1.807, 2.05) is 23.1 Å². The molecule has 0 aliphatic carbocycles. The van der Waals surface area contributed by atoms with Crippen LogP contribution in [0.4, 0.5) is 19.0 Å². The Morgan fingerprint density at radius 2 is 1.86 bits per heavy atom. The van der Waals surface area contributed by atoms with Crippen LogP contribution in [0.15, 0.2) is 24.4 Å². The Labute approximate surface area is 126 Å². The lowest BCUT2D eigenvalue weighted by Gasteiger charge is -2.40. The third kappa shape index (κ3) is 2.63. The summed E-state index contributed by atoms with van der Waals surface area (Å²) < 4.78 is 38.6. The first-order valence-corrected chi connectivity index (χ1v) is 6.94. The van der Waals surface area contributed by atoms with Gasteiger partial charge in [0.1, 0.15) is 5.82 Å². The SMILES string of the molecule is Cc1nc(C(F)(F)F)nc(N2CC(c3ccccn3)C2)c1C. The number of nitrogens with zero attached hydrogens (tertiary/aromatic N) is 4. The first kappa shape index (κ1) is 14.7. The van der Waals surface area contributed by atoms with E-state index in [1.54, 1.807) is 20.0 Å². The van der Waals surface area contributed by atoms with Gasteiger partial charge in [0.25, 0.3) is 0 Å². The summed E-state index contributed by atoms with van der Waals surface area (Å²) in [7, 11) is 0. The van der Waals surface area contributed by atoms with Crippen molar-refractivity contribution in [2.24, 2.45) is 0 Å². The van der Waals surface area contributed by atoms with Crippen molar-refractivity contribution in [1.82, 2.24) is 15.0 Å². The fraction of sp³-hybridized carbons (Fsp3) is 0.400. The number of hydrogen-bond donors (Lipinski definition) is 0. The van der Waals surface area contributed by atoms with Crippen LogP contribution < -0.4 is 4.90 Å². The van der Waals surface area contributed by atoms with E-state index in [0.29, 0.717) is 30.2 Å². The Bertz CT molecular complexity index is 679. The zero-order chi connectivity index (χ0) is 15.9. The molecule has 0 atom stereocenters. The molecule has 0 radical (unpaired) electrons. The second-order valence-electron chi connectivity index (χ2n) is 5.44. The highest BCUT2D eigenvalue weighted by molar-refractivity contribution is 5.52. The fourth-order valence-electron chi connectivity index (χ4n) is 2.50. The van der Waals surface area contributed by atoms with Crippen molar-refractivity contribution >= 4 is 5.82 Å². The predicted octanol–water partition coefficient (Wildman–Crippen LogP) is 3.11. The van der Waals surface area contributed by atoms with Gasteiger partial charge in [0.15, 0.2) is 0 Å². The smallest absolute Gasteiger partial charge is 0.355 e. The molecular weight excluding hydrogens is 293 g/mol. The number of aryl methyl sites for hydroxylation is 1. The van der Waals surface area contributed by atoms with Gasteiger partial charge in [-0.1, -0.05) is 6.07 Å². The number of alkyl halides is 3. The first-order chi connectivity index (χ1) is 10.4. The molecule has 4 nitrogen and oxygen atoms in total. The van der Waals surface area contributed by atoms with Crippen LogP contribution >= 0.6 is 0 Å². The molecule has 0 spiro atoms. The van der Waals surface area contributed by atoms with Crippen LogP contribution in [0.5, 0.6) is 0 Å². The number of rotatable bonds is 2. The van der Waals surface area contributed by atoms with E-state index in [-0.39, 0.29) is 5.92 Å². The standard InChI is InChI=1S/C15H15F3N4/c1-9-10(2)20-14(15(16,17)18)21-13(9)22-7-11(8-22)12-5-3-4-6-19-12/h3-6,11H,7-8H2,1-2H3. The zero-order valence-corrected chi connectivity index (χ0v) is 12.2. The number of hydrogen-bond acceptors (Lipinski definition) is 4. The van der Waals surface area contributed by atoms with E-state index in [0.717, 1.165) is 5.69 Å². The summed E-state index contributed by atoms with van der Waals surface area (Å²) in [6.45, 7) is 4.56. The van der Waals surface area contributed by atoms with Gasteiger partial charge < -0.3 is 4.90 Å². The van der Waals surface area contributed by atoms with Gasteiger partial charge in [0, 0.05) is 42.2 Å². The van der Waals surface area contributed by atoms with Gasteiger partial charge in [-0.3, -0.25) is 4.98 Å². The van der Waals surface area contributed by atoms with Crippen LogP contribution in [0.3, 0.4) is 0 Å². The average Bonchev–Trinajstić information content (AvgIpc) is 2.41. The Hall–Kier alpha value is -2.18. The minimum absolute atomic E-state index is 0.227. The highest BCUT2D eigenvalue weighted by Crippen LogP contribution is 2.34. The zero-order valence-electron chi connectivity index (χ0n) is 12.2. The maximum Gasteiger partial charge on any atom is 0.451 e. The third-order valence-electron chi connectivity index (χ3n) is 3.90. The topological polar surface area (TPSA) is 41.9 Å². The Kier molecular flexibility index (Phi) is 3.50. The second-order valence-corrected chi connectivity index (χ2v) is 5.44. The van der Waals surface area contributed by atoms with E-state index in [9.17, 15) is 13.2 Å². The highest BCUT2D eigenvalue weighted by atomic mass is 19.4. The van der Waals surface area contributed by atoms with Crippen molar-refractivity contribution in [3.8, 4) is 0 Å². The van der Waals surface area contributed by atoms with Crippen LogP contribution in [-0.2, 0) is 6.18 Å². The Balaban J connectivity index is 1.83. The minimum Gasteiger partial charge on any atom is -0.355 e. The van der Waals surface area contributed by atoms with E-state index in [4.69, 9.17) is 0 Å². The molecule has 1 aliphatic heterocycles. The van der Waals surface area contributed by atoms with Crippen molar-refractivity contribution in [2.45, 2.75) is 25.9 Å². The van der Waals surface area contributed by atoms with Gasteiger partial charge in [-0.25, -0.2) is 9.97 Å². The second kappa shape index (κ2) is 5.23. The largest absolute Gasteiger partial charge is 0.451 e. The van der Waals surface area contributed by atoms with Gasteiger partial charge in [-0.05, 0) is 26.0 Å². The molecule has 0 N–H and O–H groups in total. The summed E-state index contributed by atoms with van der Waals surface area (Å²) in [4.78, 5) is 13.4. The average molecular weight is 308 g/mol. The fourth-order valence-corrected chi connectivity index (χ4v) is 2.50. The lowest BCUT2D eigenvalue weighted by atomic mass is 9.95. The van der Waals surface area contributed by atoms with Gasteiger partial charge >= 0.3 is 6.18 Å². The van der Waals surface area contributed by atoms with Crippen LogP contribution in [0.2, 0.25) is 0 Å². The molecule has 0 unspecified atom stereocenters. The van der Waals surface area contributed by atoms with Gasteiger partial charge in [-0.2, -0.15) is 13.2 Å².